The molecule has 0 aliphatic rings. The predicted octanol–water partition coefficient (Wildman–Crippen LogP) is 29.6. The minimum atomic E-state index is -1.37. The molecule has 0 fully saturated rings. The van der Waals surface area contributed by atoms with Gasteiger partial charge in [-0.1, -0.05) is 621 Å². The van der Waals surface area contributed by atoms with Crippen LogP contribution in [0.4, 0.5) is 0 Å². The van der Waals surface area contributed by atoms with Gasteiger partial charge in [0.05, 0.1) is 0 Å². The van der Waals surface area contributed by atoms with Crippen LogP contribution < -0.4 is 0 Å². The van der Waals surface area contributed by atoms with Crippen molar-refractivity contribution in [1.29, 1.82) is 0 Å². The quantitative estimate of drug-likeness (QED) is 0.127. The molecule has 0 aromatic carbocycles. The highest BCUT2D eigenvalue weighted by Crippen LogP contribution is 2.84. The summed E-state index contributed by atoms with van der Waals surface area (Å²) in [7, 11) is 0. The molecule has 59 heavy (non-hydrogen) atoms. The van der Waals surface area contributed by atoms with E-state index in [1.807, 2.05) is 6.92 Å². The van der Waals surface area contributed by atoms with Gasteiger partial charge in [0.2, 0.25) is 0 Å². The van der Waals surface area contributed by atoms with Crippen LogP contribution in [0, 0.1) is 0 Å². The molecule has 0 spiro atoms. The number of halogens is 39. The first kappa shape index (κ1) is 77.7. The van der Waals surface area contributed by atoms with Gasteiger partial charge >= 0.3 is 0 Å². The molecule has 0 bridgehead atoms. The first-order chi connectivity index (χ1) is 24.5. The summed E-state index contributed by atoms with van der Waals surface area (Å²) in [5.41, 5.74) is 0. The van der Waals surface area contributed by atoms with E-state index >= 15 is 0 Å². The fraction of sp³-hybridized carbons (Fsp3) is 1.00. The van der Waals surface area contributed by atoms with E-state index in [-0.39, 0.29) is 0 Å². The van der Waals surface area contributed by atoms with E-state index < -0.39 is 60.3 Å². The van der Waals surface area contributed by atoms with Crippen LogP contribution >= 0.6 is 621 Å². The molecule has 0 aliphatic carbocycles. The van der Waals surface area contributed by atoms with Crippen molar-refractivity contribution in [3.05, 3.63) is 0 Å². The fourth-order valence-corrected chi connectivity index (χ4v) is 42.8. The molecule has 0 heterocycles. The van der Waals surface area contributed by atoms with Gasteiger partial charge in [-0.2, -0.15) is 0 Å². The second-order valence-corrected chi connectivity index (χ2v) is 80.7. The molecule has 0 N–H and O–H groups in total. The topological polar surface area (TPSA) is 0 Å². The Morgan fingerprint density at radius 2 is 0.220 bits per heavy atom. The zero-order valence-electron chi connectivity index (χ0n) is 25.2. The van der Waals surface area contributed by atoms with E-state index in [0.29, 0.717) is 0 Å². The summed E-state index contributed by atoms with van der Waals surface area (Å²) >= 11 is 154. The van der Waals surface area contributed by atoms with E-state index in [2.05, 4.69) is 621 Å². The normalized spacial score (nSPS) is 17.5. The van der Waals surface area contributed by atoms with Crippen LogP contribution in [0.5, 0.6) is 0 Å². The summed E-state index contributed by atoms with van der Waals surface area (Å²) in [5.74, 6) is 0. The molecule has 0 atom stereocenters. The molecule has 0 aromatic heterocycles. The van der Waals surface area contributed by atoms with Gasteiger partial charge in [-0.3, -0.25) is 0 Å². The van der Waals surface area contributed by atoms with Crippen molar-refractivity contribution in [2.45, 2.75) is 67.3 Å². The van der Waals surface area contributed by atoms with Crippen molar-refractivity contribution < 1.29 is 0 Å². The summed E-state index contributed by atoms with van der Waals surface area (Å²) in [6.45, 7) is 1.92. The van der Waals surface area contributed by atoms with Crippen LogP contribution in [0.3, 0.4) is 0 Å². The van der Waals surface area contributed by atoms with Crippen LogP contribution in [0.15, 0.2) is 0 Å². The third-order valence-electron chi connectivity index (χ3n) is 7.22. The molecular formula is C20H3Br39. The smallest absolute Gasteiger partial charge is 0.0704 e. The van der Waals surface area contributed by atoms with Crippen molar-refractivity contribution in [2.75, 3.05) is 0 Å². The van der Waals surface area contributed by atoms with Crippen LogP contribution in [-0.4, -0.2) is 60.3 Å². The lowest BCUT2D eigenvalue weighted by Crippen LogP contribution is -2.74. The lowest BCUT2D eigenvalue weighted by Gasteiger charge is -2.62. The molecule has 356 valence electrons. The van der Waals surface area contributed by atoms with E-state index in [1.165, 1.54) is 0 Å². The zero-order valence-corrected chi connectivity index (χ0v) is 87.1. The average molecular weight is 3360 g/mol. The maximum atomic E-state index is 4.05. The Labute approximate surface area is 671 Å². The lowest BCUT2D eigenvalue weighted by molar-refractivity contribution is 0.517. The van der Waals surface area contributed by atoms with Gasteiger partial charge in [-0.05, 0) is 6.92 Å². The maximum absolute atomic E-state index is 4.05. The number of rotatable bonds is 17. The molecule has 0 radical (unpaired) electrons. The predicted molar refractivity (Wildman–Crippen MR) is 406 cm³/mol. The molecule has 0 rings (SSSR count). The number of hydrogen-bond acceptors (Lipinski definition) is 0. The van der Waals surface area contributed by atoms with Crippen molar-refractivity contribution in [3.63, 3.8) is 0 Å². The third-order valence-corrected chi connectivity index (χ3v) is 90.4. The molecule has 0 amide bonds. The van der Waals surface area contributed by atoms with Gasteiger partial charge in [-0.25, -0.2) is 0 Å². The first-order valence-electron chi connectivity index (χ1n) is 12.4. The molecule has 0 aliphatic heterocycles. The fourth-order valence-electron chi connectivity index (χ4n) is 3.41. The second kappa shape index (κ2) is 25.0. The van der Waals surface area contributed by atoms with Crippen molar-refractivity contribution in [1.82, 2.24) is 0 Å². The molecule has 0 aromatic rings. The number of alkyl halides is 39. The standard InChI is InChI=1S/C20H3Br39/c1-2(21,22)3(23,24)4(25,26)5(27,28)6(29,30)7(31,32)8(33,34)9(35,36)10(37,38)11(39,40)12(41,42)13(43,44)14(45,46)15(47,48)16(49,50)17(51,52)18(53,54)19(55,56)20(57,58)59/h1H3. The van der Waals surface area contributed by atoms with Crippen molar-refractivity contribution >= 4 is 621 Å². The van der Waals surface area contributed by atoms with Crippen molar-refractivity contribution in [2.24, 2.45) is 0 Å². The van der Waals surface area contributed by atoms with E-state index in [0.717, 1.165) is 0 Å². The molecule has 0 nitrogen and oxygen atoms in total. The van der Waals surface area contributed by atoms with Gasteiger partial charge < -0.3 is 0 Å². The van der Waals surface area contributed by atoms with E-state index in [9.17, 15) is 0 Å². The van der Waals surface area contributed by atoms with Crippen LogP contribution in [0.2, 0.25) is 0 Å². The zero-order chi connectivity index (χ0) is 49.5. The maximum Gasteiger partial charge on any atom is 0.162 e. The summed E-state index contributed by atoms with van der Waals surface area (Å²) < 4.78 is -22.9. The second-order valence-electron chi connectivity index (χ2n) is 11.2. The largest absolute Gasteiger partial charge is 0.162 e. The Bertz CT molecular complexity index is 1410. The van der Waals surface area contributed by atoms with Crippen molar-refractivity contribution in [3.8, 4) is 0 Å². The Kier molecular flexibility index (Phi) is 32.9. The Hall–Kier alpha value is 18.7. The molecule has 0 saturated heterocycles. The van der Waals surface area contributed by atoms with Gasteiger partial charge in [-0.15, -0.1) is 0 Å². The molecule has 0 saturated carbocycles. The number of hydrogen-bond donors (Lipinski definition) is 0. The van der Waals surface area contributed by atoms with Crippen LogP contribution in [0.1, 0.15) is 6.92 Å². The Morgan fingerprint density at radius 1 is 0.136 bits per heavy atom. The Morgan fingerprint density at radius 3 is 0.305 bits per heavy atom. The van der Waals surface area contributed by atoms with Gasteiger partial charge in [0.1, 0.15) is 58.2 Å². The highest BCUT2D eigenvalue weighted by molar-refractivity contribution is 9.43. The van der Waals surface area contributed by atoms with Gasteiger partial charge in [0, 0.05) is 0 Å². The Balaban J connectivity index is 7.92. The first-order valence-corrected chi connectivity index (χ1v) is 43.3. The third kappa shape index (κ3) is 13.1. The highest BCUT2D eigenvalue weighted by atomic mass is 80.0. The highest BCUT2D eigenvalue weighted by Gasteiger charge is 2.85. The molecule has 39 heteroatoms. The van der Waals surface area contributed by atoms with Gasteiger partial charge in [0.25, 0.3) is 0 Å². The van der Waals surface area contributed by atoms with Gasteiger partial charge in [0.15, 0.2) is 2.14 Å². The van der Waals surface area contributed by atoms with Crippen LogP contribution in [-0.2, 0) is 0 Å². The summed E-state index contributed by atoms with van der Waals surface area (Å²) in [6, 6.07) is 0. The minimum Gasteiger partial charge on any atom is -0.0704 e. The molecular weight excluding hydrogens is 3360 g/mol. The van der Waals surface area contributed by atoms with E-state index in [1.54, 1.807) is 0 Å². The minimum absolute atomic E-state index is 0.730. The van der Waals surface area contributed by atoms with Crippen LogP contribution in [0.25, 0.3) is 0 Å². The lowest BCUT2D eigenvalue weighted by atomic mass is 10.0. The summed E-state index contributed by atoms with van der Waals surface area (Å²) in [5, 5.41) is 0. The average Bonchev–Trinajstić information content (AvgIpc) is 2.98. The summed E-state index contributed by atoms with van der Waals surface area (Å²) in [4.78, 5) is 0. The SMILES string of the molecule is CC(Br)(Br)C(Br)(Br)C(Br)(Br)C(Br)(Br)C(Br)(Br)C(Br)(Br)C(Br)(Br)C(Br)(Br)C(Br)(Br)C(Br)(Br)C(Br)(Br)C(Br)(Br)C(Br)(Br)C(Br)(Br)C(Br)(Br)C(Br)(Br)C(Br)(Br)C(Br)(Br)C(Br)(Br)Br. The summed E-state index contributed by atoms with van der Waals surface area (Å²) in [6.07, 6.45) is 0. The van der Waals surface area contributed by atoms with E-state index in [4.69, 9.17) is 0 Å². The monoisotopic (exact) mass is 3320 g/mol. The molecule has 0 unspecified atom stereocenters.